The van der Waals surface area contributed by atoms with Crippen molar-refractivity contribution in [3.05, 3.63) is 0 Å². The van der Waals surface area contributed by atoms with Crippen LogP contribution in [0.2, 0.25) is 0 Å². The molecule has 2 saturated carbocycles. The van der Waals surface area contributed by atoms with Gasteiger partial charge in [-0.15, -0.1) is 0 Å². The Bertz CT molecular complexity index is 218. The molecule has 1 heterocycles. The number of carbonyl (C=O) groups excluding carboxylic acids is 1. The van der Waals surface area contributed by atoms with Crippen LogP contribution < -0.4 is 4.72 Å². The molecule has 3 heteroatoms. The minimum atomic E-state index is 0.388. The van der Waals surface area contributed by atoms with Crippen LogP contribution in [0.1, 0.15) is 19.3 Å². The van der Waals surface area contributed by atoms with Gasteiger partial charge >= 0.3 is 0 Å². The van der Waals surface area contributed by atoms with Gasteiger partial charge in [-0.05, 0) is 43.0 Å². The predicted molar refractivity (Wildman–Crippen MR) is 43.8 cm³/mol. The first kappa shape index (κ1) is 6.49. The molecule has 2 nitrogen and oxygen atoms in total. The molecule has 3 rings (SSSR count). The van der Waals surface area contributed by atoms with Crippen molar-refractivity contribution < 1.29 is 4.79 Å². The lowest BCUT2D eigenvalue weighted by Crippen LogP contribution is -2.32. The van der Waals surface area contributed by atoms with E-state index in [1.807, 2.05) is 0 Å². The Morgan fingerprint density at radius 1 is 1.36 bits per heavy atom. The topological polar surface area (TPSA) is 29.1 Å². The highest BCUT2D eigenvalue weighted by atomic mass is 32.2. The summed E-state index contributed by atoms with van der Waals surface area (Å²) >= 11 is 1.35. The second kappa shape index (κ2) is 2.02. The third kappa shape index (κ3) is 0.707. The van der Waals surface area contributed by atoms with Crippen LogP contribution in [0.5, 0.6) is 0 Å². The molecule has 1 saturated heterocycles. The average molecular weight is 169 g/mol. The SMILES string of the molecule is O=C1SNC2C3CCC(C3)C12. The Morgan fingerprint density at radius 3 is 3.00 bits per heavy atom. The Labute approximate surface area is 70.2 Å². The molecule has 60 valence electrons. The van der Waals surface area contributed by atoms with E-state index in [1.165, 1.54) is 31.2 Å². The van der Waals surface area contributed by atoms with E-state index in [-0.39, 0.29) is 0 Å². The van der Waals surface area contributed by atoms with Crippen molar-refractivity contribution in [2.45, 2.75) is 25.3 Å². The minimum absolute atomic E-state index is 0.388. The molecular weight excluding hydrogens is 158 g/mol. The molecular formula is C8H11NOS. The molecule has 3 aliphatic rings. The molecule has 3 fully saturated rings. The second-order valence-electron chi connectivity index (χ2n) is 3.92. The first-order chi connectivity index (χ1) is 5.36. The summed E-state index contributed by atoms with van der Waals surface area (Å²) < 4.78 is 3.27. The van der Waals surface area contributed by atoms with Crippen molar-refractivity contribution in [1.82, 2.24) is 4.72 Å². The Kier molecular flexibility index (Phi) is 1.19. The van der Waals surface area contributed by atoms with E-state index in [0.717, 1.165) is 11.8 Å². The van der Waals surface area contributed by atoms with E-state index in [1.54, 1.807) is 0 Å². The van der Waals surface area contributed by atoms with E-state index in [2.05, 4.69) is 4.72 Å². The zero-order valence-electron chi connectivity index (χ0n) is 6.25. The number of rotatable bonds is 0. The first-order valence-electron chi connectivity index (χ1n) is 4.32. The molecule has 4 unspecified atom stereocenters. The first-order valence-corrected chi connectivity index (χ1v) is 5.14. The van der Waals surface area contributed by atoms with Crippen LogP contribution in [0.15, 0.2) is 0 Å². The van der Waals surface area contributed by atoms with Gasteiger partial charge < -0.3 is 0 Å². The quantitative estimate of drug-likeness (QED) is 0.552. The van der Waals surface area contributed by atoms with Crippen LogP contribution in [0, 0.1) is 17.8 Å². The maximum absolute atomic E-state index is 11.3. The number of hydrogen-bond donors (Lipinski definition) is 1. The fraction of sp³-hybridized carbons (Fsp3) is 0.875. The van der Waals surface area contributed by atoms with Crippen molar-refractivity contribution in [3.8, 4) is 0 Å². The maximum atomic E-state index is 11.3. The summed E-state index contributed by atoms with van der Waals surface area (Å²) in [4.78, 5) is 11.3. The fourth-order valence-electron chi connectivity index (χ4n) is 2.99. The van der Waals surface area contributed by atoms with Gasteiger partial charge in [-0.1, -0.05) is 0 Å². The van der Waals surface area contributed by atoms with Crippen molar-refractivity contribution in [3.63, 3.8) is 0 Å². The summed E-state index contributed by atoms with van der Waals surface area (Å²) in [7, 11) is 0. The maximum Gasteiger partial charge on any atom is 0.208 e. The molecule has 2 aliphatic carbocycles. The summed E-state index contributed by atoms with van der Waals surface area (Å²) in [5.41, 5.74) is 0. The number of carbonyl (C=O) groups is 1. The number of fused-ring (bicyclic) bond motifs is 5. The van der Waals surface area contributed by atoms with E-state index in [9.17, 15) is 4.79 Å². The van der Waals surface area contributed by atoms with Gasteiger partial charge in [0.1, 0.15) is 0 Å². The fourth-order valence-corrected chi connectivity index (χ4v) is 4.06. The van der Waals surface area contributed by atoms with Crippen LogP contribution >= 0.6 is 11.9 Å². The van der Waals surface area contributed by atoms with Gasteiger partial charge in [0.25, 0.3) is 0 Å². The van der Waals surface area contributed by atoms with Gasteiger partial charge in [-0.2, -0.15) is 0 Å². The number of nitrogens with one attached hydrogen (secondary N) is 1. The molecule has 0 spiro atoms. The Balaban J connectivity index is 1.97. The zero-order valence-corrected chi connectivity index (χ0v) is 7.06. The second-order valence-corrected chi connectivity index (χ2v) is 4.77. The zero-order chi connectivity index (χ0) is 7.42. The monoisotopic (exact) mass is 169 g/mol. The predicted octanol–water partition coefficient (Wildman–Crippen LogP) is 1.18. The largest absolute Gasteiger partial charge is 0.285 e. The molecule has 1 aliphatic heterocycles. The Hall–Kier alpha value is -0.0200. The van der Waals surface area contributed by atoms with Crippen LogP contribution in [-0.2, 0) is 4.79 Å². The van der Waals surface area contributed by atoms with Crippen LogP contribution in [0.4, 0.5) is 0 Å². The van der Waals surface area contributed by atoms with Crippen molar-refractivity contribution in [2.24, 2.45) is 17.8 Å². The number of hydrogen-bond acceptors (Lipinski definition) is 3. The van der Waals surface area contributed by atoms with Crippen LogP contribution in [0.3, 0.4) is 0 Å². The summed E-state index contributed by atoms with van der Waals surface area (Å²) in [6.07, 6.45) is 3.97. The average Bonchev–Trinajstić information content (AvgIpc) is 2.60. The van der Waals surface area contributed by atoms with Gasteiger partial charge in [0, 0.05) is 12.0 Å². The molecule has 0 radical (unpaired) electrons. The molecule has 0 aromatic heterocycles. The highest BCUT2D eigenvalue weighted by molar-refractivity contribution is 8.12. The highest BCUT2D eigenvalue weighted by Gasteiger charge is 2.54. The summed E-state index contributed by atoms with van der Waals surface area (Å²) in [6.45, 7) is 0. The molecule has 0 amide bonds. The summed E-state index contributed by atoms with van der Waals surface area (Å²) in [5.74, 6) is 1.95. The van der Waals surface area contributed by atoms with Gasteiger partial charge in [-0.25, -0.2) is 0 Å². The van der Waals surface area contributed by atoms with Gasteiger partial charge in [0.05, 0.1) is 0 Å². The van der Waals surface area contributed by atoms with Crippen molar-refractivity contribution in [2.75, 3.05) is 0 Å². The summed E-state index contributed by atoms with van der Waals surface area (Å²) in [5, 5.41) is 0.405. The van der Waals surface area contributed by atoms with E-state index < -0.39 is 0 Å². The van der Waals surface area contributed by atoms with Crippen molar-refractivity contribution >= 4 is 17.1 Å². The molecule has 2 bridgehead atoms. The third-order valence-corrected chi connectivity index (χ3v) is 4.35. The molecule has 0 aromatic rings. The van der Waals surface area contributed by atoms with Crippen LogP contribution in [0.25, 0.3) is 0 Å². The smallest absolute Gasteiger partial charge is 0.208 e. The van der Waals surface area contributed by atoms with Crippen molar-refractivity contribution in [1.29, 1.82) is 0 Å². The minimum Gasteiger partial charge on any atom is -0.285 e. The van der Waals surface area contributed by atoms with E-state index in [0.29, 0.717) is 17.1 Å². The Morgan fingerprint density at radius 2 is 2.18 bits per heavy atom. The van der Waals surface area contributed by atoms with Gasteiger partial charge in [0.15, 0.2) is 0 Å². The lowest BCUT2D eigenvalue weighted by atomic mass is 9.86. The summed E-state index contributed by atoms with van der Waals surface area (Å²) in [6, 6.07) is 0.547. The molecule has 1 N–H and O–H groups in total. The van der Waals surface area contributed by atoms with Gasteiger partial charge in [0.2, 0.25) is 5.12 Å². The van der Waals surface area contributed by atoms with Crippen LogP contribution in [-0.4, -0.2) is 11.2 Å². The lowest BCUT2D eigenvalue weighted by molar-refractivity contribution is -0.115. The standard InChI is InChI=1S/C8H11NOS/c10-8-6-4-1-2-5(3-4)7(6)9-11-8/h4-7,9H,1-3H2. The van der Waals surface area contributed by atoms with E-state index in [4.69, 9.17) is 0 Å². The molecule has 4 atom stereocenters. The van der Waals surface area contributed by atoms with Gasteiger partial charge in [-0.3, -0.25) is 9.52 Å². The lowest BCUT2D eigenvalue weighted by Gasteiger charge is -2.21. The third-order valence-electron chi connectivity index (χ3n) is 3.48. The normalized spacial score (nSPS) is 53.6. The highest BCUT2D eigenvalue weighted by Crippen LogP contribution is 2.52. The molecule has 11 heavy (non-hydrogen) atoms. The molecule has 0 aromatic carbocycles. The van der Waals surface area contributed by atoms with E-state index >= 15 is 0 Å².